The van der Waals surface area contributed by atoms with Gasteiger partial charge >= 0.3 is 0 Å². The first kappa shape index (κ1) is 22.7. The first-order valence-electron chi connectivity index (χ1n) is 9.19. The molecule has 2 N–H and O–H groups in total. The molecule has 1 aromatic heterocycles. The van der Waals surface area contributed by atoms with Gasteiger partial charge in [-0.1, -0.05) is 35.2 Å². The fraction of sp³-hybridized carbons (Fsp3) is 0.389. The molecule has 1 aromatic carbocycles. The molecule has 0 unspecified atom stereocenters. The van der Waals surface area contributed by atoms with E-state index in [1.807, 2.05) is 0 Å². The summed E-state index contributed by atoms with van der Waals surface area (Å²) in [6, 6.07) is 4.89. The molecule has 9 nitrogen and oxygen atoms in total. The molecule has 1 amide bonds. The van der Waals surface area contributed by atoms with Crippen molar-refractivity contribution in [3.63, 3.8) is 0 Å². The van der Waals surface area contributed by atoms with Crippen LogP contribution < -0.4 is 10.6 Å². The molecule has 30 heavy (non-hydrogen) atoms. The average Bonchev–Trinajstić information content (AvgIpc) is 3.20. The number of aromatic nitrogens is 2. The maximum absolute atomic E-state index is 13.0. The van der Waals surface area contributed by atoms with Crippen LogP contribution in [-0.2, 0) is 19.6 Å². The number of hydrogen-bond donors (Lipinski definition) is 2. The quantitative estimate of drug-likeness (QED) is 0.424. The topological polar surface area (TPSA) is 114 Å². The first-order chi connectivity index (χ1) is 14.4. The lowest BCUT2D eigenvalue weighted by molar-refractivity contribution is -0.113. The molecule has 0 saturated carbocycles. The van der Waals surface area contributed by atoms with Crippen molar-refractivity contribution in [1.82, 2.24) is 14.5 Å². The normalized spacial score (nSPS) is 15.0. The fourth-order valence-electron chi connectivity index (χ4n) is 2.71. The van der Waals surface area contributed by atoms with E-state index >= 15 is 0 Å². The van der Waals surface area contributed by atoms with E-state index in [-0.39, 0.29) is 16.6 Å². The van der Waals surface area contributed by atoms with Crippen molar-refractivity contribution < 1.29 is 17.9 Å². The van der Waals surface area contributed by atoms with Gasteiger partial charge in [-0.3, -0.25) is 4.79 Å². The zero-order valence-corrected chi connectivity index (χ0v) is 18.9. The number of anilines is 2. The molecule has 2 aromatic rings. The molecular formula is C18H23N5O4S3. The Morgan fingerprint density at radius 3 is 2.87 bits per heavy atom. The summed E-state index contributed by atoms with van der Waals surface area (Å²) in [4.78, 5) is 12.5. The van der Waals surface area contributed by atoms with Gasteiger partial charge in [0.15, 0.2) is 4.34 Å². The largest absolute Gasteiger partial charge is 0.379 e. The van der Waals surface area contributed by atoms with Gasteiger partial charge in [-0.15, -0.1) is 16.8 Å². The summed E-state index contributed by atoms with van der Waals surface area (Å²) in [6.07, 6.45) is 1.72. The van der Waals surface area contributed by atoms with Crippen LogP contribution in [-0.4, -0.2) is 67.4 Å². The Kier molecular flexibility index (Phi) is 7.83. The molecular weight excluding hydrogens is 446 g/mol. The molecule has 0 aliphatic carbocycles. The second-order valence-corrected chi connectivity index (χ2v) is 10.5. The summed E-state index contributed by atoms with van der Waals surface area (Å²) in [5.41, 5.74) is 1.06. The maximum atomic E-state index is 13.0. The van der Waals surface area contributed by atoms with E-state index in [1.165, 1.54) is 33.5 Å². The van der Waals surface area contributed by atoms with E-state index in [2.05, 4.69) is 27.4 Å². The first-order valence-corrected chi connectivity index (χ1v) is 12.4. The molecule has 0 atom stereocenters. The van der Waals surface area contributed by atoms with E-state index < -0.39 is 10.0 Å². The van der Waals surface area contributed by atoms with Gasteiger partial charge in [0.2, 0.25) is 21.1 Å². The molecule has 1 fully saturated rings. The lowest BCUT2D eigenvalue weighted by Gasteiger charge is -2.26. The third-order valence-electron chi connectivity index (χ3n) is 4.19. The second-order valence-electron chi connectivity index (χ2n) is 6.38. The monoisotopic (exact) mass is 469 g/mol. The number of aryl methyl sites for hydroxylation is 1. The number of rotatable bonds is 9. The Hall–Kier alpha value is -1.99. The van der Waals surface area contributed by atoms with Crippen LogP contribution in [0.2, 0.25) is 0 Å². The van der Waals surface area contributed by atoms with Gasteiger partial charge in [0.25, 0.3) is 0 Å². The average molecular weight is 470 g/mol. The van der Waals surface area contributed by atoms with Gasteiger partial charge in [0.1, 0.15) is 0 Å². The molecule has 2 heterocycles. The number of hydrogen-bond acceptors (Lipinski definition) is 9. The van der Waals surface area contributed by atoms with Crippen LogP contribution in [0.3, 0.4) is 0 Å². The molecule has 162 valence electrons. The SMILES string of the molecule is C=CCNc1nnc(SCC(=O)Nc2ccc(C)c(S(=O)(=O)N3CCOCC3)c2)s1. The fourth-order valence-corrected chi connectivity index (χ4v) is 5.92. The minimum Gasteiger partial charge on any atom is -0.379 e. The van der Waals surface area contributed by atoms with Crippen LogP contribution in [0.1, 0.15) is 5.56 Å². The molecule has 3 rings (SSSR count). The number of nitrogens with one attached hydrogen (secondary N) is 2. The standard InChI is InChI=1S/C18H23N5O4S3/c1-3-6-19-17-21-22-18(29-17)28-12-16(24)20-14-5-4-13(2)15(11-14)30(25,26)23-7-9-27-10-8-23/h3-5,11H,1,6-10,12H2,2H3,(H,19,21)(H,20,24). The lowest BCUT2D eigenvalue weighted by atomic mass is 10.2. The minimum absolute atomic E-state index is 0.134. The van der Waals surface area contributed by atoms with Crippen molar-refractivity contribution in [1.29, 1.82) is 0 Å². The zero-order chi connectivity index (χ0) is 21.6. The van der Waals surface area contributed by atoms with E-state index in [0.29, 0.717) is 53.6 Å². The smallest absolute Gasteiger partial charge is 0.243 e. The predicted octanol–water partition coefficient (Wildman–Crippen LogP) is 2.20. The van der Waals surface area contributed by atoms with Crippen molar-refractivity contribution in [3.05, 3.63) is 36.4 Å². The molecule has 0 radical (unpaired) electrons. The summed E-state index contributed by atoms with van der Waals surface area (Å²) in [7, 11) is -3.64. The Balaban J connectivity index is 1.62. The highest BCUT2D eigenvalue weighted by molar-refractivity contribution is 8.01. The van der Waals surface area contributed by atoms with Crippen LogP contribution >= 0.6 is 23.1 Å². The van der Waals surface area contributed by atoms with E-state index in [4.69, 9.17) is 4.74 Å². The summed E-state index contributed by atoms with van der Waals surface area (Å²) in [6.45, 7) is 7.34. The summed E-state index contributed by atoms with van der Waals surface area (Å²) in [5, 5.41) is 14.5. The maximum Gasteiger partial charge on any atom is 0.243 e. The minimum atomic E-state index is -3.64. The number of thioether (sulfide) groups is 1. The molecule has 0 bridgehead atoms. The van der Waals surface area contributed by atoms with Gasteiger partial charge in [-0.25, -0.2) is 8.42 Å². The van der Waals surface area contributed by atoms with Gasteiger partial charge in [0, 0.05) is 25.3 Å². The summed E-state index contributed by atoms with van der Waals surface area (Å²) in [5.74, 6) is -0.121. The third kappa shape index (κ3) is 5.79. The van der Waals surface area contributed by atoms with Gasteiger partial charge < -0.3 is 15.4 Å². The van der Waals surface area contributed by atoms with E-state index in [1.54, 1.807) is 25.1 Å². The number of benzene rings is 1. The van der Waals surface area contributed by atoms with Crippen LogP contribution in [0.15, 0.2) is 40.1 Å². The van der Waals surface area contributed by atoms with Crippen molar-refractivity contribution in [2.75, 3.05) is 49.2 Å². The zero-order valence-electron chi connectivity index (χ0n) is 16.5. The molecule has 0 spiro atoms. The number of morpholine rings is 1. The van der Waals surface area contributed by atoms with E-state index in [9.17, 15) is 13.2 Å². The van der Waals surface area contributed by atoms with Gasteiger partial charge in [0.05, 0.1) is 23.9 Å². The van der Waals surface area contributed by atoms with Crippen LogP contribution in [0.25, 0.3) is 0 Å². The number of amides is 1. The lowest BCUT2D eigenvalue weighted by Crippen LogP contribution is -2.40. The molecule has 1 aliphatic heterocycles. The Bertz CT molecular complexity index is 1000. The second kappa shape index (κ2) is 10.4. The van der Waals surface area contributed by atoms with Crippen LogP contribution in [0, 0.1) is 6.92 Å². The molecule has 1 saturated heterocycles. The number of carbonyl (C=O) groups excluding carboxylic acids is 1. The molecule has 1 aliphatic rings. The van der Waals surface area contributed by atoms with Crippen molar-refractivity contribution in [2.24, 2.45) is 0 Å². The van der Waals surface area contributed by atoms with Crippen molar-refractivity contribution in [2.45, 2.75) is 16.2 Å². The third-order valence-corrected chi connectivity index (χ3v) is 8.25. The van der Waals surface area contributed by atoms with E-state index in [0.717, 1.165) is 0 Å². The molecule has 12 heteroatoms. The highest BCUT2D eigenvalue weighted by Gasteiger charge is 2.28. The van der Waals surface area contributed by atoms with Crippen LogP contribution in [0.5, 0.6) is 0 Å². The number of ether oxygens (including phenoxy) is 1. The van der Waals surface area contributed by atoms with Gasteiger partial charge in [-0.2, -0.15) is 4.31 Å². The van der Waals surface area contributed by atoms with Crippen molar-refractivity contribution in [3.8, 4) is 0 Å². The highest BCUT2D eigenvalue weighted by Crippen LogP contribution is 2.27. The predicted molar refractivity (Wildman–Crippen MR) is 119 cm³/mol. The number of nitrogens with zero attached hydrogens (tertiary/aromatic N) is 3. The van der Waals surface area contributed by atoms with Gasteiger partial charge in [-0.05, 0) is 24.6 Å². The van der Waals surface area contributed by atoms with Crippen molar-refractivity contribution >= 4 is 49.8 Å². The summed E-state index contributed by atoms with van der Waals surface area (Å²) >= 11 is 2.62. The number of sulfonamides is 1. The Morgan fingerprint density at radius 1 is 1.37 bits per heavy atom. The highest BCUT2D eigenvalue weighted by atomic mass is 32.2. The van der Waals surface area contributed by atoms with Crippen LogP contribution in [0.4, 0.5) is 10.8 Å². The Morgan fingerprint density at radius 2 is 2.13 bits per heavy atom. The summed E-state index contributed by atoms with van der Waals surface area (Å²) < 4.78 is 33.2. The number of carbonyl (C=O) groups is 1. The Labute approximate surface area is 184 Å².